The van der Waals surface area contributed by atoms with E-state index in [9.17, 15) is 10.2 Å². The molecule has 1 aliphatic heterocycles. The predicted molar refractivity (Wildman–Crippen MR) is 36.7 cm³/mol. The van der Waals surface area contributed by atoms with Crippen LogP contribution >= 0.6 is 0 Å². The summed E-state index contributed by atoms with van der Waals surface area (Å²) in [6.45, 7) is 0.205. The second-order valence-corrected chi connectivity index (χ2v) is 2.58. The summed E-state index contributed by atoms with van der Waals surface area (Å²) in [7, 11) is 1.40. The fourth-order valence-corrected chi connectivity index (χ4v) is 1.02. The minimum absolute atomic E-state index is 0.205. The van der Waals surface area contributed by atoms with Crippen LogP contribution in [0.25, 0.3) is 0 Å². The summed E-state index contributed by atoms with van der Waals surface area (Å²) in [4.78, 5) is 0. The van der Waals surface area contributed by atoms with E-state index in [4.69, 9.17) is 15.2 Å². The van der Waals surface area contributed by atoms with E-state index in [1.807, 2.05) is 0 Å². The van der Waals surface area contributed by atoms with E-state index in [2.05, 4.69) is 0 Å². The van der Waals surface area contributed by atoms with Crippen molar-refractivity contribution in [2.45, 2.75) is 24.5 Å². The Balaban J connectivity index is 2.52. The molecule has 5 heteroatoms. The lowest BCUT2D eigenvalue weighted by Crippen LogP contribution is -2.56. The first kappa shape index (κ1) is 8.89. The highest BCUT2D eigenvalue weighted by Crippen LogP contribution is 2.14. The van der Waals surface area contributed by atoms with Gasteiger partial charge in [-0.05, 0) is 0 Å². The molecule has 0 aromatic carbocycles. The number of hydrogen-bond donors (Lipinski definition) is 3. The van der Waals surface area contributed by atoms with Gasteiger partial charge < -0.3 is 25.4 Å². The second-order valence-electron chi connectivity index (χ2n) is 2.58. The molecule has 11 heavy (non-hydrogen) atoms. The van der Waals surface area contributed by atoms with Crippen LogP contribution in [0.3, 0.4) is 0 Å². The third-order valence-electron chi connectivity index (χ3n) is 1.75. The number of aliphatic hydroxyl groups is 2. The Labute approximate surface area is 64.7 Å². The first-order chi connectivity index (χ1) is 5.16. The molecule has 0 radical (unpaired) electrons. The van der Waals surface area contributed by atoms with Crippen molar-refractivity contribution in [3.8, 4) is 0 Å². The van der Waals surface area contributed by atoms with Crippen LogP contribution in [0.1, 0.15) is 0 Å². The molecule has 1 saturated heterocycles. The molecule has 1 fully saturated rings. The maximum absolute atomic E-state index is 9.23. The zero-order valence-corrected chi connectivity index (χ0v) is 6.30. The van der Waals surface area contributed by atoms with Crippen LogP contribution in [0.4, 0.5) is 0 Å². The van der Waals surface area contributed by atoms with Gasteiger partial charge in [0.25, 0.3) is 0 Å². The molecule has 0 aliphatic carbocycles. The van der Waals surface area contributed by atoms with Gasteiger partial charge in [0.2, 0.25) is 0 Å². The molecule has 1 aliphatic rings. The molecule has 4 N–H and O–H groups in total. The summed E-state index contributed by atoms with van der Waals surface area (Å²) < 4.78 is 9.70. The Morgan fingerprint density at radius 3 is 2.64 bits per heavy atom. The lowest BCUT2D eigenvalue weighted by atomic mass is 10.0. The summed E-state index contributed by atoms with van der Waals surface area (Å²) in [6, 6.07) is -0.531. The van der Waals surface area contributed by atoms with Crippen molar-refractivity contribution in [3.05, 3.63) is 0 Å². The van der Waals surface area contributed by atoms with E-state index in [0.717, 1.165) is 0 Å². The van der Waals surface area contributed by atoms with Gasteiger partial charge in [-0.25, -0.2) is 0 Å². The predicted octanol–water partition coefficient (Wildman–Crippen LogP) is -1.96. The minimum Gasteiger partial charge on any atom is -0.388 e. The standard InChI is InChI=1S/C6H13NO4/c1-10-6-5(9)4(8)3(7)2-11-6/h3-6,8-9H,2,7H2,1H3/t3-,4-,5+,6+/m1/s1. The Hall–Kier alpha value is -0.200. The highest BCUT2D eigenvalue weighted by molar-refractivity contribution is 4.84. The van der Waals surface area contributed by atoms with Crippen molar-refractivity contribution >= 4 is 0 Å². The number of nitrogens with two attached hydrogens (primary N) is 1. The average molecular weight is 163 g/mol. The molecule has 0 unspecified atom stereocenters. The van der Waals surface area contributed by atoms with E-state index in [1.165, 1.54) is 7.11 Å². The molecule has 0 aromatic rings. The Bertz CT molecular complexity index is 130. The molecule has 1 heterocycles. The number of aliphatic hydroxyl groups excluding tert-OH is 2. The van der Waals surface area contributed by atoms with E-state index in [1.54, 1.807) is 0 Å². The molecule has 5 nitrogen and oxygen atoms in total. The van der Waals surface area contributed by atoms with Crippen LogP contribution in [0, 0.1) is 0 Å². The molecular formula is C6H13NO4. The van der Waals surface area contributed by atoms with Gasteiger partial charge >= 0.3 is 0 Å². The molecule has 4 atom stereocenters. The summed E-state index contributed by atoms with van der Waals surface area (Å²) in [5, 5.41) is 18.4. The molecule has 1 rings (SSSR count). The highest BCUT2D eigenvalue weighted by Gasteiger charge is 2.36. The number of methoxy groups -OCH3 is 1. The summed E-state index contributed by atoms with van der Waals surface area (Å²) in [5.74, 6) is 0. The number of hydrogen-bond acceptors (Lipinski definition) is 5. The molecule has 0 amide bonds. The lowest BCUT2D eigenvalue weighted by molar-refractivity contribution is -0.237. The van der Waals surface area contributed by atoms with Gasteiger partial charge in [-0.15, -0.1) is 0 Å². The summed E-state index contributed by atoms with van der Waals surface area (Å²) in [6.07, 6.45) is -2.78. The molecule has 0 aromatic heterocycles. The Kier molecular flexibility index (Phi) is 2.80. The SMILES string of the molecule is CO[C@H]1OC[C@@H](N)[C@@H](O)[C@@H]1O. The van der Waals surface area contributed by atoms with Crippen molar-refractivity contribution in [3.63, 3.8) is 0 Å². The van der Waals surface area contributed by atoms with Crippen LogP contribution in [0.15, 0.2) is 0 Å². The van der Waals surface area contributed by atoms with E-state index in [0.29, 0.717) is 0 Å². The van der Waals surface area contributed by atoms with E-state index < -0.39 is 24.5 Å². The lowest BCUT2D eigenvalue weighted by Gasteiger charge is -2.34. The van der Waals surface area contributed by atoms with Crippen LogP contribution in [0.5, 0.6) is 0 Å². The quantitative estimate of drug-likeness (QED) is 0.418. The number of ether oxygens (including phenoxy) is 2. The van der Waals surface area contributed by atoms with Crippen molar-refractivity contribution in [2.24, 2.45) is 5.73 Å². The molecule has 66 valence electrons. The van der Waals surface area contributed by atoms with Gasteiger partial charge in [-0.1, -0.05) is 0 Å². The average Bonchev–Trinajstić information content (AvgIpc) is 2.01. The van der Waals surface area contributed by atoms with Gasteiger partial charge in [-0.2, -0.15) is 0 Å². The highest BCUT2D eigenvalue weighted by atomic mass is 16.7. The van der Waals surface area contributed by atoms with Gasteiger partial charge in [0, 0.05) is 7.11 Å². The maximum atomic E-state index is 9.23. The Morgan fingerprint density at radius 1 is 1.45 bits per heavy atom. The smallest absolute Gasteiger partial charge is 0.185 e. The largest absolute Gasteiger partial charge is 0.388 e. The third-order valence-corrected chi connectivity index (χ3v) is 1.75. The van der Waals surface area contributed by atoms with E-state index >= 15 is 0 Å². The maximum Gasteiger partial charge on any atom is 0.185 e. The zero-order valence-electron chi connectivity index (χ0n) is 6.30. The van der Waals surface area contributed by atoms with Gasteiger partial charge in [0.15, 0.2) is 6.29 Å². The third kappa shape index (κ3) is 1.69. The van der Waals surface area contributed by atoms with Crippen molar-refractivity contribution in [2.75, 3.05) is 13.7 Å². The van der Waals surface area contributed by atoms with Crippen molar-refractivity contribution in [1.82, 2.24) is 0 Å². The van der Waals surface area contributed by atoms with Gasteiger partial charge in [0.1, 0.15) is 12.2 Å². The summed E-state index contributed by atoms with van der Waals surface area (Å²) in [5.41, 5.74) is 5.40. The van der Waals surface area contributed by atoms with Crippen LogP contribution in [-0.2, 0) is 9.47 Å². The normalized spacial score (nSPS) is 45.8. The molecule has 0 bridgehead atoms. The van der Waals surface area contributed by atoms with Crippen LogP contribution in [0.2, 0.25) is 0 Å². The topological polar surface area (TPSA) is 84.9 Å². The summed E-state index contributed by atoms with van der Waals surface area (Å²) >= 11 is 0. The van der Waals surface area contributed by atoms with Crippen LogP contribution < -0.4 is 5.73 Å². The van der Waals surface area contributed by atoms with Crippen molar-refractivity contribution in [1.29, 1.82) is 0 Å². The van der Waals surface area contributed by atoms with E-state index in [-0.39, 0.29) is 6.61 Å². The Morgan fingerprint density at radius 2 is 2.09 bits per heavy atom. The minimum atomic E-state index is -1.05. The molecular weight excluding hydrogens is 150 g/mol. The van der Waals surface area contributed by atoms with Gasteiger partial charge in [-0.3, -0.25) is 0 Å². The van der Waals surface area contributed by atoms with Crippen LogP contribution in [-0.4, -0.2) is 48.5 Å². The first-order valence-corrected chi connectivity index (χ1v) is 3.43. The zero-order chi connectivity index (χ0) is 8.43. The van der Waals surface area contributed by atoms with Crippen molar-refractivity contribution < 1.29 is 19.7 Å². The fourth-order valence-electron chi connectivity index (χ4n) is 1.02. The second kappa shape index (κ2) is 3.46. The van der Waals surface area contributed by atoms with Gasteiger partial charge in [0.05, 0.1) is 12.6 Å². The first-order valence-electron chi connectivity index (χ1n) is 3.43. The molecule has 0 saturated carbocycles. The molecule has 0 spiro atoms. The number of rotatable bonds is 1. The fraction of sp³-hybridized carbons (Fsp3) is 1.00. The monoisotopic (exact) mass is 163 g/mol.